The Kier molecular flexibility index (Phi) is 7.27. The van der Waals surface area contributed by atoms with Crippen molar-refractivity contribution in [3.63, 3.8) is 0 Å². The molecule has 0 bridgehead atoms. The molecular formula is C38H31NO8. The predicted octanol–water partition coefficient (Wildman–Crippen LogP) is 5.27. The van der Waals surface area contributed by atoms with Crippen molar-refractivity contribution in [3.8, 4) is 17.2 Å². The zero-order valence-electron chi connectivity index (χ0n) is 26.0. The summed E-state index contributed by atoms with van der Waals surface area (Å²) in [4.78, 5) is 69.4. The SMILES string of the molecule is COc1cc(C2C3=CCC4C(=O)N(c5ccc(C(=O)c6ccccc6)cc5)C(=O)C4C3CC3=C2C(=O)C(C)=CC3=O)cc(OC)c1O. The average molecular weight is 630 g/mol. The van der Waals surface area contributed by atoms with Gasteiger partial charge >= 0.3 is 0 Å². The van der Waals surface area contributed by atoms with Crippen LogP contribution in [0.15, 0.2) is 101 Å². The Morgan fingerprint density at radius 1 is 0.851 bits per heavy atom. The first-order chi connectivity index (χ1) is 22.6. The van der Waals surface area contributed by atoms with Gasteiger partial charge in [0.2, 0.25) is 17.6 Å². The molecule has 1 heterocycles. The first-order valence-electron chi connectivity index (χ1n) is 15.4. The number of phenols is 1. The number of amides is 2. The number of phenolic OH excluding ortho intramolecular Hbond substituents is 1. The van der Waals surface area contributed by atoms with Crippen LogP contribution in [0, 0.1) is 17.8 Å². The molecule has 0 aromatic heterocycles. The molecule has 0 spiro atoms. The van der Waals surface area contributed by atoms with Gasteiger partial charge in [0, 0.05) is 33.8 Å². The maximum absolute atomic E-state index is 14.3. The molecule has 0 radical (unpaired) electrons. The van der Waals surface area contributed by atoms with Gasteiger partial charge in [-0.1, -0.05) is 42.0 Å². The highest BCUT2D eigenvalue weighted by Gasteiger charge is 2.56. The first-order valence-corrected chi connectivity index (χ1v) is 15.4. The molecule has 0 saturated carbocycles. The second-order valence-corrected chi connectivity index (χ2v) is 12.3. The fraction of sp³-hybridized carbons (Fsp3) is 0.237. The molecule has 3 aromatic carbocycles. The third kappa shape index (κ3) is 4.64. The number of methoxy groups -OCH3 is 2. The van der Waals surface area contributed by atoms with Crippen molar-refractivity contribution in [1.82, 2.24) is 0 Å². The maximum Gasteiger partial charge on any atom is 0.238 e. The minimum Gasteiger partial charge on any atom is -0.502 e. The molecule has 47 heavy (non-hydrogen) atoms. The summed E-state index contributed by atoms with van der Waals surface area (Å²) >= 11 is 0. The predicted molar refractivity (Wildman–Crippen MR) is 171 cm³/mol. The summed E-state index contributed by atoms with van der Waals surface area (Å²) in [5, 5.41) is 10.6. The fourth-order valence-electron chi connectivity index (χ4n) is 7.59. The number of fused-ring (bicyclic) bond motifs is 3. The summed E-state index contributed by atoms with van der Waals surface area (Å²) < 4.78 is 10.8. The van der Waals surface area contributed by atoms with Gasteiger partial charge in [-0.25, -0.2) is 0 Å². The van der Waals surface area contributed by atoms with E-state index >= 15 is 0 Å². The smallest absolute Gasteiger partial charge is 0.238 e. The van der Waals surface area contributed by atoms with E-state index in [1.165, 1.54) is 25.2 Å². The number of imide groups is 1. The third-order valence-corrected chi connectivity index (χ3v) is 9.82. The van der Waals surface area contributed by atoms with Gasteiger partial charge in [-0.15, -0.1) is 0 Å². The van der Waals surface area contributed by atoms with Crippen molar-refractivity contribution in [3.05, 3.63) is 118 Å². The van der Waals surface area contributed by atoms with Crippen LogP contribution in [0.25, 0.3) is 0 Å². The minimum atomic E-state index is -0.763. The molecule has 1 fully saturated rings. The lowest BCUT2D eigenvalue weighted by molar-refractivity contribution is -0.123. The van der Waals surface area contributed by atoms with Gasteiger partial charge in [0.1, 0.15) is 0 Å². The third-order valence-electron chi connectivity index (χ3n) is 9.82. The monoisotopic (exact) mass is 629 g/mol. The summed E-state index contributed by atoms with van der Waals surface area (Å²) in [6.45, 7) is 1.60. The van der Waals surface area contributed by atoms with Gasteiger partial charge < -0.3 is 14.6 Å². The molecule has 1 N–H and O–H groups in total. The number of ketones is 3. The number of Topliss-reactive ketones (excluding diaryl/α,β-unsaturated/α-hetero) is 1. The Balaban J connectivity index is 1.28. The van der Waals surface area contributed by atoms with Gasteiger partial charge in [-0.05, 0) is 73.7 Å². The van der Waals surface area contributed by atoms with E-state index in [1.54, 1.807) is 67.6 Å². The Morgan fingerprint density at radius 3 is 2.13 bits per heavy atom. The number of hydrogen-bond acceptors (Lipinski definition) is 8. The lowest BCUT2D eigenvalue weighted by atomic mass is 9.59. The zero-order chi connectivity index (χ0) is 33.1. The number of rotatable bonds is 6. The number of nitrogens with zero attached hydrogens (tertiary/aromatic N) is 1. The van der Waals surface area contributed by atoms with Crippen molar-refractivity contribution >= 4 is 34.9 Å². The molecule has 7 rings (SSSR count). The Morgan fingerprint density at radius 2 is 1.49 bits per heavy atom. The van der Waals surface area contributed by atoms with Crippen molar-refractivity contribution in [2.45, 2.75) is 25.7 Å². The summed E-state index contributed by atoms with van der Waals surface area (Å²) in [6.07, 6.45) is 3.66. The van der Waals surface area contributed by atoms with Crippen LogP contribution in [0.4, 0.5) is 5.69 Å². The van der Waals surface area contributed by atoms with E-state index in [0.717, 1.165) is 5.57 Å². The van der Waals surface area contributed by atoms with Gasteiger partial charge in [0.15, 0.2) is 28.8 Å². The van der Waals surface area contributed by atoms with Crippen LogP contribution in [-0.2, 0) is 19.2 Å². The van der Waals surface area contributed by atoms with Crippen LogP contribution in [0.2, 0.25) is 0 Å². The number of carbonyl (C=O) groups excluding carboxylic acids is 5. The van der Waals surface area contributed by atoms with E-state index in [1.807, 2.05) is 12.1 Å². The van der Waals surface area contributed by atoms with Crippen molar-refractivity contribution in [2.24, 2.45) is 17.8 Å². The molecule has 1 aliphatic heterocycles. The molecular weight excluding hydrogens is 598 g/mol. The summed E-state index contributed by atoms with van der Waals surface area (Å²) in [5.74, 6) is -4.09. The van der Waals surface area contributed by atoms with E-state index in [-0.39, 0.29) is 59.3 Å². The number of ether oxygens (including phenoxy) is 2. The molecule has 4 aliphatic rings. The quantitative estimate of drug-likeness (QED) is 0.169. The molecule has 3 aromatic rings. The molecule has 4 atom stereocenters. The molecule has 1 saturated heterocycles. The number of carbonyl (C=O) groups is 5. The molecule has 4 unspecified atom stereocenters. The van der Waals surface area contributed by atoms with Crippen molar-refractivity contribution in [2.75, 3.05) is 19.1 Å². The number of benzene rings is 3. The van der Waals surface area contributed by atoms with E-state index < -0.39 is 23.7 Å². The molecule has 3 aliphatic carbocycles. The van der Waals surface area contributed by atoms with Gasteiger partial charge in [-0.3, -0.25) is 28.9 Å². The normalized spacial score (nSPS) is 23.5. The number of aromatic hydroxyl groups is 1. The highest BCUT2D eigenvalue weighted by atomic mass is 16.5. The van der Waals surface area contributed by atoms with Gasteiger partial charge in [0.05, 0.1) is 31.7 Å². The van der Waals surface area contributed by atoms with Gasteiger partial charge in [-0.2, -0.15) is 0 Å². The zero-order valence-corrected chi connectivity index (χ0v) is 26.0. The molecule has 236 valence electrons. The number of hydrogen-bond donors (Lipinski definition) is 1. The Bertz CT molecular complexity index is 1960. The van der Waals surface area contributed by atoms with Crippen LogP contribution in [0.5, 0.6) is 17.2 Å². The average Bonchev–Trinajstić information content (AvgIpc) is 3.35. The van der Waals surface area contributed by atoms with Crippen LogP contribution in [0.3, 0.4) is 0 Å². The minimum absolute atomic E-state index is 0.132. The van der Waals surface area contributed by atoms with Crippen molar-refractivity contribution in [1.29, 1.82) is 0 Å². The number of allylic oxidation sites excluding steroid dienone is 6. The van der Waals surface area contributed by atoms with Crippen LogP contribution >= 0.6 is 0 Å². The summed E-state index contributed by atoms with van der Waals surface area (Å²) in [6, 6.07) is 18.5. The second-order valence-electron chi connectivity index (χ2n) is 12.3. The fourth-order valence-corrected chi connectivity index (χ4v) is 7.59. The van der Waals surface area contributed by atoms with E-state index in [4.69, 9.17) is 9.47 Å². The van der Waals surface area contributed by atoms with Crippen molar-refractivity contribution < 1.29 is 38.6 Å². The van der Waals surface area contributed by atoms with E-state index in [2.05, 4.69) is 0 Å². The number of anilines is 1. The lowest BCUT2D eigenvalue weighted by Gasteiger charge is -2.42. The Labute approximate surface area is 270 Å². The topological polar surface area (TPSA) is 127 Å². The highest BCUT2D eigenvalue weighted by molar-refractivity contribution is 6.25. The summed E-state index contributed by atoms with van der Waals surface area (Å²) in [7, 11) is 2.81. The van der Waals surface area contributed by atoms with Crippen LogP contribution in [-0.4, -0.2) is 48.5 Å². The maximum atomic E-state index is 14.3. The van der Waals surface area contributed by atoms with Gasteiger partial charge in [0.25, 0.3) is 0 Å². The largest absolute Gasteiger partial charge is 0.502 e. The molecule has 9 heteroatoms. The first kappa shape index (κ1) is 30.1. The molecule has 2 amide bonds. The van der Waals surface area contributed by atoms with Crippen LogP contribution < -0.4 is 14.4 Å². The van der Waals surface area contributed by atoms with E-state index in [9.17, 15) is 29.1 Å². The van der Waals surface area contributed by atoms with E-state index in [0.29, 0.717) is 39.1 Å². The standard InChI is InChI=1S/C38H31NO8/c1-19-15-28(40)27-18-26-24(31(33(27)34(19)41)22-16-29(46-2)36(43)30(17-22)47-3)13-14-25-32(26)38(45)39(37(25)44)23-11-9-21(10-12-23)35(42)20-7-5-4-6-8-20/h4-13,15-17,25-26,31-32,43H,14,18H2,1-3H3. The Hall–Kier alpha value is -5.57. The highest BCUT2D eigenvalue weighted by Crippen LogP contribution is 2.56. The summed E-state index contributed by atoms with van der Waals surface area (Å²) in [5.41, 5.74) is 3.62. The second kappa shape index (κ2) is 11.3. The molecule has 9 nitrogen and oxygen atoms in total. The lowest BCUT2D eigenvalue weighted by Crippen LogP contribution is -2.39. The van der Waals surface area contributed by atoms with Crippen LogP contribution in [0.1, 0.15) is 47.2 Å².